The lowest BCUT2D eigenvalue weighted by atomic mass is 9.95. The normalized spacial score (nSPS) is 22.6. The molecular formula is C17H19N3O6. The molecule has 2 amide bonds. The van der Waals surface area contributed by atoms with Gasteiger partial charge in [-0.25, -0.2) is 9.59 Å². The molecule has 0 unspecified atom stereocenters. The average Bonchev–Trinajstić information content (AvgIpc) is 3.12. The summed E-state index contributed by atoms with van der Waals surface area (Å²) in [6, 6.07) is 4.47. The van der Waals surface area contributed by atoms with Crippen LogP contribution in [0.5, 0.6) is 0 Å². The van der Waals surface area contributed by atoms with Crippen molar-refractivity contribution in [3.05, 3.63) is 51.2 Å². The van der Waals surface area contributed by atoms with E-state index in [1.165, 1.54) is 24.3 Å². The Morgan fingerprint density at radius 3 is 2.73 bits per heavy atom. The Morgan fingerprint density at radius 1 is 1.38 bits per heavy atom. The number of non-ortho nitro benzene ring substituents is 1. The number of nitrogens with one attached hydrogen (secondary N) is 2. The summed E-state index contributed by atoms with van der Waals surface area (Å²) < 4.78 is 10.8. The Bertz CT molecular complexity index is 752. The summed E-state index contributed by atoms with van der Waals surface area (Å²) in [5.74, 6) is -0.561. The van der Waals surface area contributed by atoms with E-state index in [4.69, 9.17) is 9.47 Å². The Balaban J connectivity index is 1.81. The topological polar surface area (TPSA) is 120 Å². The van der Waals surface area contributed by atoms with Gasteiger partial charge in [0, 0.05) is 24.4 Å². The summed E-state index contributed by atoms with van der Waals surface area (Å²) in [6.07, 6.45) is 1.67. The number of benzene rings is 1. The number of carbonyl (C=O) groups is 2. The van der Waals surface area contributed by atoms with Crippen LogP contribution in [0.2, 0.25) is 0 Å². The summed E-state index contributed by atoms with van der Waals surface area (Å²) in [5, 5.41) is 16.0. The zero-order valence-electron chi connectivity index (χ0n) is 14.2. The van der Waals surface area contributed by atoms with Crippen LogP contribution in [0.4, 0.5) is 10.5 Å². The zero-order chi connectivity index (χ0) is 18.7. The number of nitro benzene ring substituents is 1. The first-order chi connectivity index (χ1) is 12.5. The van der Waals surface area contributed by atoms with Gasteiger partial charge in [-0.15, -0.1) is 0 Å². The average molecular weight is 361 g/mol. The second-order valence-corrected chi connectivity index (χ2v) is 6.15. The highest BCUT2D eigenvalue weighted by atomic mass is 16.6. The third-order valence-electron chi connectivity index (χ3n) is 4.35. The third kappa shape index (κ3) is 3.83. The zero-order valence-corrected chi connectivity index (χ0v) is 14.2. The van der Waals surface area contributed by atoms with Crippen LogP contribution in [0.1, 0.15) is 31.4 Å². The number of nitrogens with zero attached hydrogens (tertiary/aromatic N) is 1. The number of urea groups is 1. The predicted molar refractivity (Wildman–Crippen MR) is 90.1 cm³/mol. The van der Waals surface area contributed by atoms with Crippen molar-refractivity contribution in [3.63, 3.8) is 0 Å². The highest BCUT2D eigenvalue weighted by Gasteiger charge is 2.33. The summed E-state index contributed by atoms with van der Waals surface area (Å²) in [5.41, 5.74) is 1.12. The fourth-order valence-corrected chi connectivity index (χ4v) is 3.03. The van der Waals surface area contributed by atoms with Crippen LogP contribution in [-0.2, 0) is 14.3 Å². The van der Waals surface area contributed by atoms with Crippen LogP contribution >= 0.6 is 0 Å². The van der Waals surface area contributed by atoms with Gasteiger partial charge in [-0.3, -0.25) is 10.1 Å². The minimum Gasteiger partial charge on any atom is -0.459 e. The lowest BCUT2D eigenvalue weighted by Gasteiger charge is -2.28. The lowest BCUT2D eigenvalue weighted by Crippen LogP contribution is -2.45. The fraction of sp³-hybridized carbons (Fsp3) is 0.412. The van der Waals surface area contributed by atoms with Gasteiger partial charge in [-0.1, -0.05) is 0 Å². The molecular weight excluding hydrogens is 342 g/mol. The van der Waals surface area contributed by atoms with E-state index < -0.39 is 23.0 Å². The Labute approximate surface area is 149 Å². The van der Waals surface area contributed by atoms with Crippen LogP contribution < -0.4 is 10.6 Å². The molecule has 138 valence electrons. The Kier molecular flexibility index (Phi) is 5.17. The van der Waals surface area contributed by atoms with E-state index in [-0.39, 0.29) is 24.0 Å². The van der Waals surface area contributed by atoms with Crippen molar-refractivity contribution < 1.29 is 24.0 Å². The van der Waals surface area contributed by atoms with Gasteiger partial charge < -0.3 is 20.1 Å². The third-order valence-corrected chi connectivity index (χ3v) is 4.35. The second-order valence-electron chi connectivity index (χ2n) is 6.15. The van der Waals surface area contributed by atoms with Crippen molar-refractivity contribution in [2.24, 2.45) is 0 Å². The number of rotatable bonds is 5. The number of amides is 2. The van der Waals surface area contributed by atoms with Crippen LogP contribution in [0, 0.1) is 10.1 Å². The molecule has 0 bridgehead atoms. The number of esters is 1. The highest BCUT2D eigenvalue weighted by molar-refractivity contribution is 5.95. The molecule has 9 heteroatoms. The van der Waals surface area contributed by atoms with E-state index in [2.05, 4.69) is 10.6 Å². The minimum atomic E-state index is -0.749. The van der Waals surface area contributed by atoms with Gasteiger partial charge >= 0.3 is 12.0 Å². The largest absolute Gasteiger partial charge is 0.459 e. The molecule has 1 fully saturated rings. The molecule has 0 radical (unpaired) electrons. The maximum atomic E-state index is 12.6. The van der Waals surface area contributed by atoms with Crippen molar-refractivity contribution >= 4 is 17.7 Å². The SMILES string of the molecule is CC1=C(C(=O)OC[C@H]2CCCO2)[C@@H](c2ccc([N+](=O)[O-])cc2)NC(=O)N1. The van der Waals surface area contributed by atoms with E-state index in [9.17, 15) is 19.7 Å². The summed E-state index contributed by atoms with van der Waals surface area (Å²) in [4.78, 5) is 34.7. The number of nitro groups is 1. The molecule has 0 aromatic heterocycles. The molecule has 9 nitrogen and oxygen atoms in total. The van der Waals surface area contributed by atoms with E-state index in [0.29, 0.717) is 17.9 Å². The molecule has 2 atom stereocenters. The number of carbonyl (C=O) groups excluding carboxylic acids is 2. The predicted octanol–water partition coefficient (Wildman–Crippen LogP) is 1.94. The highest BCUT2D eigenvalue weighted by Crippen LogP contribution is 2.29. The van der Waals surface area contributed by atoms with Gasteiger partial charge in [-0.2, -0.15) is 0 Å². The van der Waals surface area contributed by atoms with E-state index in [0.717, 1.165) is 12.8 Å². The van der Waals surface area contributed by atoms with Crippen molar-refractivity contribution in [1.29, 1.82) is 0 Å². The molecule has 3 rings (SSSR count). The second kappa shape index (κ2) is 7.52. The van der Waals surface area contributed by atoms with E-state index in [1.807, 2.05) is 0 Å². The maximum Gasteiger partial charge on any atom is 0.338 e. The number of hydrogen-bond acceptors (Lipinski definition) is 6. The van der Waals surface area contributed by atoms with Gasteiger partial charge in [0.1, 0.15) is 6.61 Å². The number of ether oxygens (including phenoxy) is 2. The van der Waals surface area contributed by atoms with Gasteiger partial charge in [0.25, 0.3) is 5.69 Å². The van der Waals surface area contributed by atoms with Crippen molar-refractivity contribution in [3.8, 4) is 0 Å². The Hall–Kier alpha value is -2.94. The van der Waals surface area contributed by atoms with Crippen LogP contribution in [0.15, 0.2) is 35.5 Å². The van der Waals surface area contributed by atoms with Gasteiger partial charge in [0.2, 0.25) is 0 Å². The first-order valence-corrected chi connectivity index (χ1v) is 8.27. The van der Waals surface area contributed by atoms with E-state index >= 15 is 0 Å². The summed E-state index contributed by atoms with van der Waals surface area (Å²) in [7, 11) is 0. The van der Waals surface area contributed by atoms with Crippen molar-refractivity contribution in [2.75, 3.05) is 13.2 Å². The fourth-order valence-electron chi connectivity index (χ4n) is 3.03. The lowest BCUT2D eigenvalue weighted by molar-refractivity contribution is -0.384. The van der Waals surface area contributed by atoms with Gasteiger partial charge in [0.15, 0.2) is 0 Å². The molecule has 0 aliphatic carbocycles. The molecule has 2 aliphatic rings. The number of allylic oxidation sites excluding steroid dienone is 1. The molecule has 2 aliphatic heterocycles. The standard InChI is InChI=1S/C17H19N3O6/c1-10-14(16(21)26-9-13-3-2-8-25-13)15(19-17(22)18-10)11-4-6-12(7-5-11)20(23)24/h4-7,13,15H,2-3,8-9H2,1H3,(H2,18,19,22)/t13-,15-/m1/s1. The molecule has 0 spiro atoms. The molecule has 26 heavy (non-hydrogen) atoms. The molecule has 2 N–H and O–H groups in total. The molecule has 1 aromatic carbocycles. The van der Waals surface area contributed by atoms with Gasteiger partial charge in [-0.05, 0) is 37.5 Å². The Morgan fingerprint density at radius 2 is 2.12 bits per heavy atom. The van der Waals surface area contributed by atoms with Crippen molar-refractivity contribution in [2.45, 2.75) is 31.9 Å². The van der Waals surface area contributed by atoms with Crippen molar-refractivity contribution in [1.82, 2.24) is 10.6 Å². The first kappa shape index (κ1) is 17.9. The van der Waals surface area contributed by atoms with Crippen LogP contribution in [0.3, 0.4) is 0 Å². The smallest absolute Gasteiger partial charge is 0.338 e. The molecule has 0 saturated carbocycles. The maximum absolute atomic E-state index is 12.6. The monoisotopic (exact) mass is 361 g/mol. The van der Waals surface area contributed by atoms with Crippen LogP contribution in [-0.4, -0.2) is 36.2 Å². The number of hydrogen-bond donors (Lipinski definition) is 2. The first-order valence-electron chi connectivity index (χ1n) is 8.27. The summed E-state index contributed by atoms with van der Waals surface area (Å²) >= 11 is 0. The molecule has 1 aromatic rings. The van der Waals surface area contributed by atoms with E-state index in [1.54, 1.807) is 6.92 Å². The molecule has 1 saturated heterocycles. The van der Waals surface area contributed by atoms with Gasteiger partial charge in [0.05, 0.1) is 22.6 Å². The van der Waals surface area contributed by atoms with Crippen LogP contribution in [0.25, 0.3) is 0 Å². The summed E-state index contributed by atoms with van der Waals surface area (Å²) in [6.45, 7) is 2.42. The minimum absolute atomic E-state index is 0.0720. The molecule has 2 heterocycles. The quantitative estimate of drug-likeness (QED) is 0.470.